The van der Waals surface area contributed by atoms with Gasteiger partial charge < -0.3 is 0 Å². The van der Waals surface area contributed by atoms with E-state index in [-0.39, 0.29) is 4.32 Å². The maximum atomic E-state index is 3.71. The Morgan fingerprint density at radius 1 is 1.67 bits per heavy atom. The standard InChI is InChI=1S/C5H10Br/c1-4-5(2,3)6/h1,4H2,2-3H3. The minimum Gasteiger partial charge on any atom is -0.0859 e. The highest BCUT2D eigenvalue weighted by molar-refractivity contribution is 9.10. The molecule has 0 N–H and O–H groups in total. The van der Waals surface area contributed by atoms with E-state index in [4.69, 9.17) is 0 Å². The van der Waals surface area contributed by atoms with Crippen LogP contribution in [-0.2, 0) is 0 Å². The first kappa shape index (κ1) is 6.48. The molecule has 1 heteroatoms. The van der Waals surface area contributed by atoms with E-state index >= 15 is 0 Å². The molecule has 1 radical (unpaired) electrons. The van der Waals surface area contributed by atoms with E-state index in [1.54, 1.807) is 0 Å². The lowest BCUT2D eigenvalue weighted by Crippen LogP contribution is -2.04. The fourth-order valence-electron chi connectivity index (χ4n) is 0. The summed E-state index contributed by atoms with van der Waals surface area (Å²) in [5, 5.41) is 0. The van der Waals surface area contributed by atoms with E-state index in [1.165, 1.54) is 0 Å². The van der Waals surface area contributed by atoms with Crippen LogP contribution in [0.1, 0.15) is 20.3 Å². The number of hydrogen-bond donors (Lipinski definition) is 0. The van der Waals surface area contributed by atoms with E-state index in [0.717, 1.165) is 6.42 Å². The minimum absolute atomic E-state index is 0.243. The van der Waals surface area contributed by atoms with Crippen molar-refractivity contribution >= 4 is 15.9 Å². The number of hydrogen-bond acceptors (Lipinski definition) is 0. The molecule has 0 saturated carbocycles. The topological polar surface area (TPSA) is 0 Å². The molecular formula is C5H10Br. The summed E-state index contributed by atoms with van der Waals surface area (Å²) in [5.74, 6) is 0. The SMILES string of the molecule is [CH2]CC(C)(C)Br. The lowest BCUT2D eigenvalue weighted by atomic mass is 10.2. The Bertz CT molecular complexity index is 33.7. The monoisotopic (exact) mass is 149 g/mol. The van der Waals surface area contributed by atoms with Gasteiger partial charge in [0.2, 0.25) is 0 Å². The first-order chi connectivity index (χ1) is 2.56. The number of halogens is 1. The minimum atomic E-state index is 0.243. The van der Waals surface area contributed by atoms with E-state index in [9.17, 15) is 0 Å². The fourth-order valence-corrected chi connectivity index (χ4v) is 0. The molecule has 0 unspecified atom stereocenters. The van der Waals surface area contributed by atoms with Gasteiger partial charge in [0.05, 0.1) is 0 Å². The van der Waals surface area contributed by atoms with E-state index < -0.39 is 0 Å². The first-order valence-corrected chi connectivity index (χ1v) is 2.84. The molecule has 0 rings (SSSR count). The largest absolute Gasteiger partial charge is 0.0859 e. The molecule has 0 saturated heterocycles. The Hall–Kier alpha value is 0.480. The normalized spacial score (nSPS) is 12.0. The molecule has 0 fully saturated rings. The predicted octanol–water partition coefficient (Wildman–Crippen LogP) is 2.38. The molecule has 0 aliphatic carbocycles. The van der Waals surface area contributed by atoms with Crippen LogP contribution in [-0.4, -0.2) is 4.32 Å². The van der Waals surface area contributed by atoms with Crippen molar-refractivity contribution in [3.8, 4) is 0 Å². The number of alkyl halides is 1. The van der Waals surface area contributed by atoms with Crippen molar-refractivity contribution in [1.82, 2.24) is 0 Å². The van der Waals surface area contributed by atoms with Crippen LogP contribution >= 0.6 is 15.9 Å². The van der Waals surface area contributed by atoms with Gasteiger partial charge in [-0.3, -0.25) is 0 Å². The Balaban J connectivity index is 3.17. The molecule has 0 nitrogen and oxygen atoms in total. The quantitative estimate of drug-likeness (QED) is 0.503. The zero-order valence-electron chi connectivity index (χ0n) is 4.29. The molecule has 0 aromatic rings. The zero-order chi connectivity index (χ0) is 5.21. The van der Waals surface area contributed by atoms with E-state index in [2.05, 4.69) is 36.7 Å². The van der Waals surface area contributed by atoms with Gasteiger partial charge in [-0.15, -0.1) is 0 Å². The Morgan fingerprint density at radius 3 is 1.83 bits per heavy atom. The van der Waals surface area contributed by atoms with Crippen LogP contribution < -0.4 is 0 Å². The molecule has 0 aliphatic rings. The highest BCUT2D eigenvalue weighted by Crippen LogP contribution is 2.18. The Kier molecular flexibility index (Phi) is 2.12. The van der Waals surface area contributed by atoms with Crippen LogP contribution in [0.2, 0.25) is 0 Å². The van der Waals surface area contributed by atoms with Crippen molar-refractivity contribution in [3.05, 3.63) is 6.92 Å². The van der Waals surface area contributed by atoms with Crippen molar-refractivity contribution in [2.24, 2.45) is 0 Å². The van der Waals surface area contributed by atoms with E-state index in [0.29, 0.717) is 0 Å². The Labute approximate surface area is 48.1 Å². The molecule has 6 heavy (non-hydrogen) atoms. The molecule has 0 aliphatic heterocycles. The van der Waals surface area contributed by atoms with Crippen LogP contribution in [0.4, 0.5) is 0 Å². The Morgan fingerprint density at radius 2 is 1.83 bits per heavy atom. The lowest BCUT2D eigenvalue weighted by molar-refractivity contribution is 0.742. The van der Waals surface area contributed by atoms with Crippen molar-refractivity contribution in [2.75, 3.05) is 0 Å². The average Bonchev–Trinajstić information content (AvgIpc) is 1.35. The first-order valence-electron chi connectivity index (χ1n) is 2.04. The lowest BCUT2D eigenvalue weighted by Gasteiger charge is -2.09. The van der Waals surface area contributed by atoms with Gasteiger partial charge in [0.15, 0.2) is 0 Å². The maximum Gasteiger partial charge on any atom is 0.0201 e. The average molecular weight is 150 g/mol. The van der Waals surface area contributed by atoms with Gasteiger partial charge >= 0.3 is 0 Å². The molecular weight excluding hydrogens is 140 g/mol. The van der Waals surface area contributed by atoms with Crippen LogP contribution in [0.15, 0.2) is 0 Å². The molecule has 0 heterocycles. The second-order valence-electron chi connectivity index (χ2n) is 1.97. The molecule has 0 aromatic carbocycles. The van der Waals surface area contributed by atoms with Gasteiger partial charge in [0.1, 0.15) is 0 Å². The second kappa shape index (κ2) is 1.97. The number of rotatable bonds is 1. The van der Waals surface area contributed by atoms with E-state index in [1.807, 2.05) is 0 Å². The maximum absolute atomic E-state index is 3.71. The highest BCUT2D eigenvalue weighted by atomic mass is 79.9. The summed E-state index contributed by atoms with van der Waals surface area (Å²) in [6, 6.07) is 0. The molecule has 37 valence electrons. The summed E-state index contributed by atoms with van der Waals surface area (Å²) >= 11 is 3.41. The van der Waals surface area contributed by atoms with Crippen LogP contribution in [0.25, 0.3) is 0 Å². The van der Waals surface area contributed by atoms with Crippen LogP contribution in [0.3, 0.4) is 0 Å². The summed E-state index contributed by atoms with van der Waals surface area (Å²) < 4.78 is 0.243. The fraction of sp³-hybridized carbons (Fsp3) is 0.800. The van der Waals surface area contributed by atoms with Crippen LogP contribution in [0.5, 0.6) is 0 Å². The second-order valence-corrected chi connectivity index (χ2v) is 4.12. The summed E-state index contributed by atoms with van der Waals surface area (Å²) in [4.78, 5) is 0. The smallest absolute Gasteiger partial charge is 0.0201 e. The molecule has 0 atom stereocenters. The molecule has 0 aromatic heterocycles. The third kappa shape index (κ3) is 4.48. The van der Waals surface area contributed by atoms with Gasteiger partial charge in [-0.05, 0) is 6.42 Å². The summed E-state index contributed by atoms with van der Waals surface area (Å²) in [5.41, 5.74) is 0. The van der Waals surface area contributed by atoms with Gasteiger partial charge in [-0.1, -0.05) is 36.7 Å². The zero-order valence-corrected chi connectivity index (χ0v) is 5.88. The van der Waals surface area contributed by atoms with Gasteiger partial charge in [0.25, 0.3) is 0 Å². The summed E-state index contributed by atoms with van der Waals surface area (Å²) in [6.45, 7) is 7.90. The van der Waals surface area contributed by atoms with Crippen molar-refractivity contribution in [1.29, 1.82) is 0 Å². The summed E-state index contributed by atoms with van der Waals surface area (Å²) in [6.07, 6.45) is 0.938. The third-order valence-corrected chi connectivity index (χ3v) is 0.991. The van der Waals surface area contributed by atoms with Gasteiger partial charge in [-0.2, -0.15) is 0 Å². The third-order valence-electron chi connectivity index (χ3n) is 0.594. The van der Waals surface area contributed by atoms with Crippen molar-refractivity contribution in [3.63, 3.8) is 0 Å². The van der Waals surface area contributed by atoms with Crippen LogP contribution in [0, 0.1) is 6.92 Å². The van der Waals surface area contributed by atoms with Gasteiger partial charge in [-0.25, -0.2) is 0 Å². The van der Waals surface area contributed by atoms with Crippen molar-refractivity contribution < 1.29 is 0 Å². The van der Waals surface area contributed by atoms with Gasteiger partial charge in [0, 0.05) is 4.32 Å². The molecule has 0 bridgehead atoms. The van der Waals surface area contributed by atoms with Crippen molar-refractivity contribution in [2.45, 2.75) is 24.6 Å². The summed E-state index contributed by atoms with van der Waals surface area (Å²) in [7, 11) is 0. The molecule has 0 spiro atoms. The highest BCUT2D eigenvalue weighted by Gasteiger charge is 2.06. The predicted molar refractivity (Wildman–Crippen MR) is 33.0 cm³/mol. The molecule has 0 amide bonds.